The maximum Gasteiger partial charge on any atom is 0.129 e. The number of nitrogens with one attached hydrogen (secondary N) is 2. The molecule has 4 heteroatoms. The molecular formula is C15H21N3O. The van der Waals surface area contributed by atoms with Crippen LogP contribution in [-0.2, 0) is 6.54 Å². The van der Waals surface area contributed by atoms with Crippen LogP contribution < -0.4 is 10.1 Å². The van der Waals surface area contributed by atoms with Gasteiger partial charge in [0.25, 0.3) is 0 Å². The van der Waals surface area contributed by atoms with Crippen LogP contribution in [0.5, 0.6) is 5.75 Å². The summed E-state index contributed by atoms with van der Waals surface area (Å²) in [5, 5.41) is 10.7. The van der Waals surface area contributed by atoms with Gasteiger partial charge in [-0.25, -0.2) is 0 Å². The molecule has 0 saturated heterocycles. The normalized spacial score (nSPS) is 10.9. The first kappa shape index (κ1) is 13.6. The van der Waals surface area contributed by atoms with Crippen LogP contribution in [0.3, 0.4) is 0 Å². The lowest BCUT2D eigenvalue weighted by molar-refractivity contribution is 0.243. The van der Waals surface area contributed by atoms with Gasteiger partial charge in [0, 0.05) is 17.8 Å². The lowest BCUT2D eigenvalue weighted by atomic mass is 10.1. The van der Waals surface area contributed by atoms with E-state index in [0.717, 1.165) is 35.8 Å². The zero-order valence-electron chi connectivity index (χ0n) is 11.7. The third kappa shape index (κ3) is 3.58. The zero-order chi connectivity index (χ0) is 13.7. The number of rotatable bonds is 6. The maximum atomic E-state index is 5.82. The summed E-state index contributed by atoms with van der Waals surface area (Å²) in [5.41, 5.74) is 3.02. The van der Waals surface area contributed by atoms with Gasteiger partial charge in [-0.2, -0.15) is 5.10 Å². The fraction of sp³-hybridized carbons (Fsp3) is 0.400. The van der Waals surface area contributed by atoms with E-state index in [1.807, 2.05) is 38.1 Å². The SMILES string of the molecule is CCNCc1cc(-c2ccccc2OC(C)C)n[nH]1. The number of benzene rings is 1. The lowest BCUT2D eigenvalue weighted by Gasteiger charge is -2.12. The van der Waals surface area contributed by atoms with Crippen molar-refractivity contribution < 1.29 is 4.74 Å². The number of para-hydroxylation sites is 1. The number of aromatic nitrogens is 2. The molecule has 0 radical (unpaired) electrons. The number of nitrogens with zero attached hydrogens (tertiary/aromatic N) is 1. The highest BCUT2D eigenvalue weighted by Gasteiger charge is 2.10. The number of ether oxygens (including phenoxy) is 1. The second kappa shape index (κ2) is 6.38. The molecule has 0 aliphatic rings. The molecule has 2 rings (SSSR count). The molecule has 1 heterocycles. The van der Waals surface area contributed by atoms with Crippen molar-refractivity contribution >= 4 is 0 Å². The molecule has 2 N–H and O–H groups in total. The summed E-state index contributed by atoms with van der Waals surface area (Å²) < 4.78 is 5.82. The van der Waals surface area contributed by atoms with Gasteiger partial charge >= 0.3 is 0 Å². The lowest BCUT2D eigenvalue weighted by Crippen LogP contribution is -2.11. The Kier molecular flexibility index (Phi) is 4.58. The molecule has 0 bridgehead atoms. The van der Waals surface area contributed by atoms with Crippen LogP contribution in [0.15, 0.2) is 30.3 Å². The second-order valence-electron chi connectivity index (χ2n) is 4.72. The molecule has 0 spiro atoms. The van der Waals surface area contributed by atoms with Crippen molar-refractivity contribution in [2.24, 2.45) is 0 Å². The van der Waals surface area contributed by atoms with Crippen LogP contribution in [0.2, 0.25) is 0 Å². The molecule has 0 atom stereocenters. The number of aromatic amines is 1. The van der Waals surface area contributed by atoms with E-state index in [4.69, 9.17) is 4.74 Å². The van der Waals surface area contributed by atoms with Gasteiger partial charge in [-0.1, -0.05) is 19.1 Å². The molecule has 0 amide bonds. The Bertz CT molecular complexity index is 520. The van der Waals surface area contributed by atoms with E-state index in [9.17, 15) is 0 Å². The molecule has 0 fully saturated rings. The minimum atomic E-state index is 0.154. The minimum Gasteiger partial charge on any atom is -0.490 e. The molecule has 4 nitrogen and oxygen atoms in total. The van der Waals surface area contributed by atoms with Gasteiger partial charge in [0.05, 0.1) is 11.8 Å². The standard InChI is InChI=1S/C15H21N3O/c1-4-16-10-12-9-14(18-17-12)13-7-5-6-8-15(13)19-11(2)3/h5-9,11,16H,4,10H2,1-3H3,(H,17,18). The fourth-order valence-corrected chi connectivity index (χ4v) is 1.88. The summed E-state index contributed by atoms with van der Waals surface area (Å²) in [5.74, 6) is 0.874. The predicted molar refractivity (Wildman–Crippen MR) is 77.2 cm³/mol. The quantitative estimate of drug-likeness (QED) is 0.838. The van der Waals surface area contributed by atoms with Crippen molar-refractivity contribution in [3.05, 3.63) is 36.0 Å². The van der Waals surface area contributed by atoms with Crippen LogP contribution in [0.4, 0.5) is 0 Å². The molecule has 0 saturated carbocycles. The van der Waals surface area contributed by atoms with Crippen LogP contribution in [-0.4, -0.2) is 22.8 Å². The summed E-state index contributed by atoms with van der Waals surface area (Å²) in [6.07, 6.45) is 0.154. The van der Waals surface area contributed by atoms with E-state index in [-0.39, 0.29) is 6.10 Å². The predicted octanol–water partition coefficient (Wildman–Crippen LogP) is 2.97. The summed E-state index contributed by atoms with van der Waals surface area (Å²) in [7, 11) is 0. The highest BCUT2D eigenvalue weighted by Crippen LogP contribution is 2.29. The van der Waals surface area contributed by atoms with Crippen LogP contribution in [0.25, 0.3) is 11.3 Å². The van der Waals surface area contributed by atoms with E-state index < -0.39 is 0 Å². The van der Waals surface area contributed by atoms with Crippen molar-refractivity contribution in [1.82, 2.24) is 15.5 Å². The fourth-order valence-electron chi connectivity index (χ4n) is 1.88. The van der Waals surface area contributed by atoms with Crippen molar-refractivity contribution in [3.63, 3.8) is 0 Å². The Morgan fingerprint density at radius 3 is 2.84 bits per heavy atom. The van der Waals surface area contributed by atoms with Gasteiger partial charge in [-0.05, 0) is 38.6 Å². The molecule has 0 unspecified atom stereocenters. The average molecular weight is 259 g/mol. The molecule has 19 heavy (non-hydrogen) atoms. The first-order valence-corrected chi connectivity index (χ1v) is 6.71. The summed E-state index contributed by atoms with van der Waals surface area (Å²) in [6, 6.07) is 10.1. The number of hydrogen-bond acceptors (Lipinski definition) is 3. The summed E-state index contributed by atoms with van der Waals surface area (Å²) >= 11 is 0. The highest BCUT2D eigenvalue weighted by atomic mass is 16.5. The summed E-state index contributed by atoms with van der Waals surface area (Å²) in [6.45, 7) is 7.89. The van der Waals surface area contributed by atoms with E-state index in [1.54, 1.807) is 0 Å². The Labute approximate surface area is 114 Å². The van der Waals surface area contributed by atoms with Crippen molar-refractivity contribution in [3.8, 4) is 17.0 Å². The van der Waals surface area contributed by atoms with Crippen molar-refractivity contribution in [2.45, 2.75) is 33.4 Å². The molecule has 2 aromatic rings. The van der Waals surface area contributed by atoms with Gasteiger partial charge < -0.3 is 10.1 Å². The topological polar surface area (TPSA) is 49.9 Å². The number of hydrogen-bond donors (Lipinski definition) is 2. The van der Waals surface area contributed by atoms with Gasteiger partial charge in [0.15, 0.2) is 0 Å². The van der Waals surface area contributed by atoms with Crippen LogP contribution >= 0.6 is 0 Å². The van der Waals surface area contributed by atoms with Crippen molar-refractivity contribution in [2.75, 3.05) is 6.54 Å². The molecule has 1 aromatic carbocycles. The Hall–Kier alpha value is -1.81. The van der Waals surface area contributed by atoms with E-state index in [1.165, 1.54) is 0 Å². The highest BCUT2D eigenvalue weighted by molar-refractivity contribution is 5.67. The van der Waals surface area contributed by atoms with Gasteiger partial charge in [-0.3, -0.25) is 5.10 Å². The Balaban J connectivity index is 2.23. The molecule has 0 aliphatic heterocycles. The molecule has 0 aliphatic carbocycles. The van der Waals surface area contributed by atoms with Crippen LogP contribution in [0.1, 0.15) is 26.5 Å². The smallest absolute Gasteiger partial charge is 0.129 e. The Morgan fingerprint density at radius 1 is 1.32 bits per heavy atom. The number of H-pyrrole nitrogens is 1. The van der Waals surface area contributed by atoms with Crippen molar-refractivity contribution in [1.29, 1.82) is 0 Å². The second-order valence-corrected chi connectivity index (χ2v) is 4.72. The minimum absolute atomic E-state index is 0.154. The first-order chi connectivity index (χ1) is 9.20. The van der Waals surface area contributed by atoms with E-state index >= 15 is 0 Å². The van der Waals surface area contributed by atoms with E-state index in [2.05, 4.69) is 28.5 Å². The van der Waals surface area contributed by atoms with Gasteiger partial charge in [0.1, 0.15) is 5.75 Å². The van der Waals surface area contributed by atoms with Crippen LogP contribution in [0, 0.1) is 0 Å². The largest absolute Gasteiger partial charge is 0.490 e. The first-order valence-electron chi connectivity index (χ1n) is 6.71. The molecular weight excluding hydrogens is 238 g/mol. The maximum absolute atomic E-state index is 5.82. The average Bonchev–Trinajstić information content (AvgIpc) is 2.85. The third-order valence-corrected chi connectivity index (χ3v) is 2.72. The van der Waals surface area contributed by atoms with E-state index in [0.29, 0.717) is 0 Å². The summed E-state index contributed by atoms with van der Waals surface area (Å²) in [4.78, 5) is 0. The third-order valence-electron chi connectivity index (χ3n) is 2.72. The molecule has 1 aromatic heterocycles. The Morgan fingerprint density at radius 2 is 2.11 bits per heavy atom. The monoisotopic (exact) mass is 259 g/mol. The molecule has 102 valence electrons. The zero-order valence-corrected chi connectivity index (χ0v) is 11.7. The van der Waals surface area contributed by atoms with Gasteiger partial charge in [0.2, 0.25) is 0 Å². The van der Waals surface area contributed by atoms with Gasteiger partial charge in [-0.15, -0.1) is 0 Å².